The average Bonchev–Trinajstić information content (AvgIpc) is 3.10. The van der Waals surface area contributed by atoms with Gasteiger partial charge in [-0.25, -0.2) is 4.98 Å². The fourth-order valence-corrected chi connectivity index (χ4v) is 2.36. The monoisotopic (exact) mass is 420 g/mol. The van der Waals surface area contributed by atoms with Crippen molar-refractivity contribution >= 4 is 34.2 Å². The second kappa shape index (κ2) is 7.23. The fourth-order valence-electron chi connectivity index (χ4n) is 2.00. The summed E-state index contributed by atoms with van der Waals surface area (Å²) in [6.45, 7) is -0.0862. The van der Waals surface area contributed by atoms with E-state index in [0.29, 0.717) is 11.6 Å². The number of nitrogens with one attached hydrogen (secondary N) is 2. The fraction of sp³-hybridized carbons (Fsp3) is 0.0625. The minimum absolute atomic E-state index is 0.0862. The third-order valence-electron chi connectivity index (χ3n) is 3.04. The van der Waals surface area contributed by atoms with Crippen LogP contribution in [0.25, 0.3) is 11.4 Å². The van der Waals surface area contributed by atoms with Gasteiger partial charge in [0, 0.05) is 9.26 Å². The molecule has 116 valence electrons. The molecule has 0 atom stereocenters. The van der Waals surface area contributed by atoms with Gasteiger partial charge < -0.3 is 10.1 Å². The number of anilines is 1. The third-order valence-corrected chi connectivity index (χ3v) is 3.76. The Kier molecular flexibility index (Phi) is 4.86. The summed E-state index contributed by atoms with van der Waals surface area (Å²) in [5.41, 5.74) is 1.50. The lowest BCUT2D eigenvalue weighted by atomic mass is 10.2. The molecular weight excluding hydrogens is 407 g/mol. The number of nitrogens with zero attached hydrogens (tertiary/aromatic N) is 2. The van der Waals surface area contributed by atoms with Gasteiger partial charge in [-0.2, -0.15) is 5.10 Å². The van der Waals surface area contributed by atoms with Crippen molar-refractivity contribution in [2.75, 3.05) is 11.9 Å². The van der Waals surface area contributed by atoms with Gasteiger partial charge in [-0.05, 0) is 59.0 Å². The van der Waals surface area contributed by atoms with Gasteiger partial charge in [0.25, 0.3) is 5.91 Å². The van der Waals surface area contributed by atoms with Gasteiger partial charge >= 0.3 is 0 Å². The smallest absolute Gasteiger partial charge is 0.262 e. The van der Waals surface area contributed by atoms with E-state index in [-0.39, 0.29) is 12.5 Å². The molecule has 0 saturated carbocycles. The number of aromatic amines is 1. The van der Waals surface area contributed by atoms with Crippen LogP contribution in [0.2, 0.25) is 0 Å². The minimum Gasteiger partial charge on any atom is -0.483 e. The molecule has 2 N–H and O–H groups in total. The molecule has 0 saturated heterocycles. The summed E-state index contributed by atoms with van der Waals surface area (Å²) >= 11 is 2.21. The molecular formula is C16H13IN4O2. The van der Waals surface area contributed by atoms with E-state index < -0.39 is 0 Å². The Hall–Kier alpha value is -2.42. The molecule has 1 amide bonds. The van der Waals surface area contributed by atoms with Crippen LogP contribution in [-0.2, 0) is 4.79 Å². The molecule has 0 aliphatic rings. The molecule has 6 nitrogen and oxygen atoms in total. The van der Waals surface area contributed by atoms with Crippen molar-refractivity contribution in [1.82, 2.24) is 15.2 Å². The summed E-state index contributed by atoms with van der Waals surface area (Å²) in [6.07, 6.45) is 1.43. The lowest BCUT2D eigenvalue weighted by molar-refractivity contribution is -0.118. The van der Waals surface area contributed by atoms with Gasteiger partial charge in [0.2, 0.25) is 0 Å². The van der Waals surface area contributed by atoms with Crippen molar-refractivity contribution in [1.29, 1.82) is 0 Å². The predicted molar refractivity (Wildman–Crippen MR) is 95.1 cm³/mol. The predicted octanol–water partition coefficient (Wildman–Crippen LogP) is 3.09. The molecule has 3 rings (SSSR count). The summed E-state index contributed by atoms with van der Waals surface area (Å²) in [6, 6.07) is 14.9. The highest BCUT2D eigenvalue weighted by atomic mass is 127. The van der Waals surface area contributed by atoms with E-state index in [1.807, 2.05) is 42.5 Å². The van der Waals surface area contributed by atoms with Crippen molar-refractivity contribution in [3.63, 3.8) is 0 Å². The average molecular weight is 420 g/mol. The van der Waals surface area contributed by atoms with Crippen LogP contribution in [0.3, 0.4) is 0 Å². The Bertz CT molecular complexity index is 788. The molecule has 0 bridgehead atoms. The van der Waals surface area contributed by atoms with Crippen LogP contribution in [0.4, 0.5) is 5.69 Å². The second-order valence-electron chi connectivity index (χ2n) is 4.67. The van der Waals surface area contributed by atoms with Crippen LogP contribution in [0.5, 0.6) is 5.75 Å². The zero-order valence-electron chi connectivity index (χ0n) is 12.0. The van der Waals surface area contributed by atoms with E-state index in [0.717, 1.165) is 14.8 Å². The van der Waals surface area contributed by atoms with E-state index >= 15 is 0 Å². The number of H-pyrrole nitrogens is 1. The normalized spacial score (nSPS) is 10.3. The van der Waals surface area contributed by atoms with Crippen LogP contribution in [0, 0.1) is 3.57 Å². The van der Waals surface area contributed by atoms with E-state index in [2.05, 4.69) is 43.1 Å². The van der Waals surface area contributed by atoms with E-state index in [1.54, 1.807) is 6.07 Å². The third kappa shape index (κ3) is 4.07. The number of carbonyl (C=O) groups excluding carboxylic acids is 1. The molecule has 1 heterocycles. The van der Waals surface area contributed by atoms with Gasteiger partial charge in [-0.1, -0.05) is 12.1 Å². The molecule has 7 heteroatoms. The Balaban J connectivity index is 1.64. The molecule has 0 aliphatic heterocycles. The van der Waals surface area contributed by atoms with Gasteiger partial charge in [-0.3, -0.25) is 9.89 Å². The summed E-state index contributed by atoms with van der Waals surface area (Å²) in [5, 5.41) is 9.40. The van der Waals surface area contributed by atoms with Crippen LogP contribution in [0.15, 0.2) is 54.9 Å². The number of hydrogen-bond acceptors (Lipinski definition) is 4. The Morgan fingerprint density at radius 3 is 2.70 bits per heavy atom. The lowest BCUT2D eigenvalue weighted by Gasteiger charge is -2.10. The SMILES string of the molecule is O=C(COc1ccccc1-c1ncn[nH]1)Nc1ccc(I)cc1. The molecule has 23 heavy (non-hydrogen) atoms. The highest BCUT2D eigenvalue weighted by Gasteiger charge is 2.10. The standard InChI is InChI=1S/C16H13IN4O2/c17-11-5-7-12(8-6-11)20-15(22)9-23-14-4-2-1-3-13(14)16-18-10-19-21-16/h1-8,10H,9H2,(H,20,22)(H,18,19,21). The van der Waals surface area contributed by atoms with Crippen molar-refractivity contribution in [3.05, 3.63) is 58.4 Å². The topological polar surface area (TPSA) is 79.9 Å². The van der Waals surface area contributed by atoms with Gasteiger partial charge in [0.15, 0.2) is 12.4 Å². The number of benzene rings is 2. The molecule has 0 radical (unpaired) electrons. The maximum absolute atomic E-state index is 12.0. The quantitative estimate of drug-likeness (QED) is 0.622. The molecule has 2 aromatic carbocycles. The summed E-state index contributed by atoms with van der Waals surface area (Å²) in [5.74, 6) is 0.944. The first-order valence-electron chi connectivity index (χ1n) is 6.85. The lowest BCUT2D eigenvalue weighted by Crippen LogP contribution is -2.20. The first-order valence-corrected chi connectivity index (χ1v) is 7.93. The van der Waals surface area contributed by atoms with Crippen molar-refractivity contribution < 1.29 is 9.53 Å². The number of hydrogen-bond donors (Lipinski definition) is 2. The number of rotatable bonds is 5. The van der Waals surface area contributed by atoms with Crippen molar-refractivity contribution in [2.24, 2.45) is 0 Å². The van der Waals surface area contributed by atoms with Crippen LogP contribution in [-0.4, -0.2) is 27.7 Å². The van der Waals surface area contributed by atoms with E-state index in [4.69, 9.17) is 4.74 Å². The first kappa shape index (κ1) is 15.5. The molecule has 1 aromatic heterocycles. The zero-order chi connectivity index (χ0) is 16.1. The molecule has 0 unspecified atom stereocenters. The number of halogens is 1. The maximum atomic E-state index is 12.0. The Morgan fingerprint density at radius 2 is 1.96 bits per heavy atom. The summed E-state index contributed by atoms with van der Waals surface area (Å²) in [7, 11) is 0. The van der Waals surface area contributed by atoms with Gasteiger partial charge in [0.1, 0.15) is 12.1 Å². The van der Waals surface area contributed by atoms with Crippen molar-refractivity contribution in [2.45, 2.75) is 0 Å². The number of ether oxygens (including phenoxy) is 1. The number of amides is 1. The van der Waals surface area contributed by atoms with Crippen LogP contribution in [0.1, 0.15) is 0 Å². The molecule has 3 aromatic rings. The number of carbonyl (C=O) groups is 1. The Morgan fingerprint density at radius 1 is 1.17 bits per heavy atom. The first-order chi connectivity index (χ1) is 11.2. The summed E-state index contributed by atoms with van der Waals surface area (Å²) in [4.78, 5) is 16.1. The largest absolute Gasteiger partial charge is 0.483 e. The zero-order valence-corrected chi connectivity index (χ0v) is 14.1. The maximum Gasteiger partial charge on any atom is 0.262 e. The van der Waals surface area contributed by atoms with E-state index in [1.165, 1.54) is 6.33 Å². The number of para-hydroxylation sites is 1. The van der Waals surface area contributed by atoms with Crippen molar-refractivity contribution in [3.8, 4) is 17.1 Å². The molecule has 0 spiro atoms. The van der Waals surface area contributed by atoms with Crippen LogP contribution >= 0.6 is 22.6 Å². The molecule has 0 fully saturated rings. The number of aromatic nitrogens is 3. The Labute approximate surface area is 146 Å². The van der Waals surface area contributed by atoms with Crippen LogP contribution < -0.4 is 10.1 Å². The highest BCUT2D eigenvalue weighted by molar-refractivity contribution is 14.1. The highest BCUT2D eigenvalue weighted by Crippen LogP contribution is 2.26. The second-order valence-corrected chi connectivity index (χ2v) is 5.92. The van der Waals surface area contributed by atoms with Gasteiger partial charge in [-0.15, -0.1) is 0 Å². The van der Waals surface area contributed by atoms with E-state index in [9.17, 15) is 4.79 Å². The minimum atomic E-state index is -0.224. The molecule has 0 aliphatic carbocycles. The summed E-state index contributed by atoms with van der Waals surface area (Å²) < 4.78 is 6.73. The van der Waals surface area contributed by atoms with Gasteiger partial charge in [0.05, 0.1) is 5.56 Å².